The lowest BCUT2D eigenvalue weighted by molar-refractivity contribution is 0.311. The van der Waals surface area contributed by atoms with Crippen molar-refractivity contribution in [3.63, 3.8) is 0 Å². The summed E-state index contributed by atoms with van der Waals surface area (Å²) in [7, 11) is 3.86. The SMILES string of the molecule is CCN(CC)CCN(C)c1ccc(C)c(OC)c1. The molecule has 3 nitrogen and oxygen atoms in total. The molecule has 0 fully saturated rings. The maximum atomic E-state index is 5.37. The summed E-state index contributed by atoms with van der Waals surface area (Å²) in [6, 6.07) is 6.37. The average molecular weight is 250 g/mol. The van der Waals surface area contributed by atoms with Crippen LogP contribution in [0.1, 0.15) is 19.4 Å². The lowest BCUT2D eigenvalue weighted by Crippen LogP contribution is -2.33. The Morgan fingerprint density at radius 3 is 2.33 bits per heavy atom. The molecule has 0 spiro atoms. The van der Waals surface area contributed by atoms with E-state index in [1.54, 1.807) is 7.11 Å². The van der Waals surface area contributed by atoms with E-state index in [9.17, 15) is 0 Å². The van der Waals surface area contributed by atoms with E-state index < -0.39 is 0 Å². The fraction of sp³-hybridized carbons (Fsp3) is 0.600. The summed E-state index contributed by atoms with van der Waals surface area (Å²) in [4.78, 5) is 4.71. The fourth-order valence-corrected chi connectivity index (χ4v) is 2.01. The van der Waals surface area contributed by atoms with E-state index in [2.05, 4.69) is 55.8 Å². The molecule has 0 aliphatic rings. The van der Waals surface area contributed by atoms with Gasteiger partial charge in [0.25, 0.3) is 0 Å². The monoisotopic (exact) mass is 250 g/mol. The van der Waals surface area contributed by atoms with E-state index in [1.165, 1.54) is 11.3 Å². The average Bonchev–Trinajstić information content (AvgIpc) is 2.40. The molecule has 0 bridgehead atoms. The largest absolute Gasteiger partial charge is 0.496 e. The van der Waals surface area contributed by atoms with Crippen molar-refractivity contribution in [2.45, 2.75) is 20.8 Å². The van der Waals surface area contributed by atoms with Crippen LogP contribution < -0.4 is 9.64 Å². The molecule has 0 aliphatic heterocycles. The molecule has 0 amide bonds. The molecule has 0 unspecified atom stereocenters. The van der Waals surface area contributed by atoms with Gasteiger partial charge in [0.15, 0.2) is 0 Å². The van der Waals surface area contributed by atoms with Crippen LogP contribution in [0.25, 0.3) is 0 Å². The summed E-state index contributed by atoms with van der Waals surface area (Å²) in [6.45, 7) is 10.8. The van der Waals surface area contributed by atoms with E-state index in [1.807, 2.05) is 0 Å². The highest BCUT2D eigenvalue weighted by atomic mass is 16.5. The van der Waals surface area contributed by atoms with E-state index in [4.69, 9.17) is 4.74 Å². The van der Waals surface area contributed by atoms with Crippen molar-refractivity contribution >= 4 is 5.69 Å². The molecule has 0 saturated carbocycles. The molecule has 0 heterocycles. The number of hydrogen-bond donors (Lipinski definition) is 0. The fourth-order valence-electron chi connectivity index (χ4n) is 2.01. The second kappa shape index (κ2) is 7.27. The second-order valence-electron chi connectivity index (χ2n) is 4.60. The van der Waals surface area contributed by atoms with E-state index >= 15 is 0 Å². The molecule has 0 atom stereocenters. The van der Waals surface area contributed by atoms with Crippen LogP contribution in [0.5, 0.6) is 5.75 Å². The highest BCUT2D eigenvalue weighted by molar-refractivity contribution is 5.53. The zero-order chi connectivity index (χ0) is 13.5. The Morgan fingerprint density at radius 1 is 1.11 bits per heavy atom. The number of nitrogens with zero attached hydrogens (tertiary/aromatic N) is 2. The minimum Gasteiger partial charge on any atom is -0.496 e. The van der Waals surface area contributed by atoms with Crippen LogP contribution in [0.4, 0.5) is 5.69 Å². The van der Waals surface area contributed by atoms with Crippen LogP contribution in [0.3, 0.4) is 0 Å². The highest BCUT2D eigenvalue weighted by Crippen LogP contribution is 2.24. The third-order valence-electron chi connectivity index (χ3n) is 3.48. The topological polar surface area (TPSA) is 15.7 Å². The minimum atomic E-state index is 0.960. The molecule has 1 rings (SSSR count). The van der Waals surface area contributed by atoms with Crippen LogP contribution >= 0.6 is 0 Å². The van der Waals surface area contributed by atoms with E-state index in [-0.39, 0.29) is 0 Å². The first kappa shape index (κ1) is 14.8. The van der Waals surface area contributed by atoms with Gasteiger partial charge in [0.1, 0.15) is 5.75 Å². The van der Waals surface area contributed by atoms with Gasteiger partial charge < -0.3 is 14.5 Å². The van der Waals surface area contributed by atoms with Crippen molar-refractivity contribution in [1.82, 2.24) is 4.90 Å². The number of benzene rings is 1. The molecule has 0 saturated heterocycles. The maximum absolute atomic E-state index is 5.37. The first-order valence-corrected chi connectivity index (χ1v) is 6.70. The second-order valence-corrected chi connectivity index (χ2v) is 4.60. The van der Waals surface area contributed by atoms with Crippen LogP contribution in [0, 0.1) is 6.92 Å². The van der Waals surface area contributed by atoms with Crippen LogP contribution in [0.2, 0.25) is 0 Å². The number of hydrogen-bond acceptors (Lipinski definition) is 3. The summed E-state index contributed by atoms with van der Waals surface area (Å²) in [5, 5.41) is 0. The van der Waals surface area contributed by atoms with Gasteiger partial charge in [-0.25, -0.2) is 0 Å². The van der Waals surface area contributed by atoms with Gasteiger partial charge in [0, 0.05) is 31.9 Å². The lowest BCUT2D eigenvalue weighted by Gasteiger charge is -2.25. The maximum Gasteiger partial charge on any atom is 0.123 e. The van der Waals surface area contributed by atoms with Gasteiger partial charge in [-0.3, -0.25) is 0 Å². The standard InChI is InChI=1S/C15H26N2O/c1-6-17(7-2)11-10-16(4)14-9-8-13(3)15(12-14)18-5/h8-9,12H,6-7,10-11H2,1-5H3. The van der Waals surface area contributed by atoms with Crippen LogP contribution in [0.15, 0.2) is 18.2 Å². The molecular weight excluding hydrogens is 224 g/mol. The molecule has 18 heavy (non-hydrogen) atoms. The van der Waals surface area contributed by atoms with Crippen LogP contribution in [-0.2, 0) is 0 Å². The minimum absolute atomic E-state index is 0.960. The Bertz CT molecular complexity index is 362. The quantitative estimate of drug-likeness (QED) is 0.740. The van der Waals surface area contributed by atoms with Gasteiger partial charge in [0.2, 0.25) is 0 Å². The molecule has 3 heteroatoms. The number of methoxy groups -OCH3 is 1. The van der Waals surface area contributed by atoms with Crippen LogP contribution in [-0.4, -0.2) is 45.2 Å². The number of rotatable bonds is 7. The Kier molecular flexibility index (Phi) is 5.99. The van der Waals surface area contributed by atoms with Gasteiger partial charge in [-0.1, -0.05) is 19.9 Å². The van der Waals surface area contributed by atoms with Gasteiger partial charge in [-0.15, -0.1) is 0 Å². The Morgan fingerprint density at radius 2 is 1.78 bits per heavy atom. The molecule has 102 valence electrons. The Hall–Kier alpha value is -1.22. The van der Waals surface area contributed by atoms with Gasteiger partial charge in [-0.05, 0) is 31.6 Å². The van der Waals surface area contributed by atoms with Crippen molar-refractivity contribution in [1.29, 1.82) is 0 Å². The molecule has 1 aromatic carbocycles. The molecule has 0 radical (unpaired) electrons. The summed E-state index contributed by atoms with van der Waals surface area (Å²) < 4.78 is 5.37. The smallest absolute Gasteiger partial charge is 0.123 e. The summed E-state index contributed by atoms with van der Waals surface area (Å²) in [6.07, 6.45) is 0. The first-order valence-electron chi connectivity index (χ1n) is 6.70. The van der Waals surface area contributed by atoms with Crippen molar-refractivity contribution in [2.75, 3.05) is 45.2 Å². The number of anilines is 1. The Balaban J connectivity index is 2.63. The Labute approximate surface area is 111 Å². The number of ether oxygens (including phenoxy) is 1. The zero-order valence-electron chi connectivity index (χ0n) is 12.4. The first-order chi connectivity index (χ1) is 8.62. The number of likely N-dealkylation sites (N-methyl/N-ethyl adjacent to an activating group) is 2. The summed E-state index contributed by atoms with van der Waals surface area (Å²) >= 11 is 0. The van der Waals surface area contributed by atoms with Crippen molar-refractivity contribution in [3.8, 4) is 5.75 Å². The summed E-state index contributed by atoms with van der Waals surface area (Å²) in [5.41, 5.74) is 2.39. The lowest BCUT2D eigenvalue weighted by atomic mass is 10.2. The zero-order valence-corrected chi connectivity index (χ0v) is 12.4. The summed E-state index contributed by atoms with van der Waals surface area (Å²) in [5.74, 6) is 0.960. The third kappa shape index (κ3) is 3.91. The molecule has 0 aliphatic carbocycles. The predicted molar refractivity (Wildman–Crippen MR) is 78.8 cm³/mol. The predicted octanol–water partition coefficient (Wildman–Crippen LogP) is 2.78. The van der Waals surface area contributed by atoms with Crippen molar-refractivity contribution in [2.24, 2.45) is 0 Å². The molecule has 0 N–H and O–H groups in total. The van der Waals surface area contributed by atoms with Gasteiger partial charge in [-0.2, -0.15) is 0 Å². The van der Waals surface area contributed by atoms with E-state index in [0.717, 1.165) is 31.9 Å². The van der Waals surface area contributed by atoms with Gasteiger partial charge >= 0.3 is 0 Å². The highest BCUT2D eigenvalue weighted by Gasteiger charge is 2.06. The third-order valence-corrected chi connectivity index (χ3v) is 3.48. The van der Waals surface area contributed by atoms with Crippen molar-refractivity contribution < 1.29 is 4.74 Å². The molecule has 0 aromatic heterocycles. The molecular formula is C15H26N2O. The van der Waals surface area contributed by atoms with Crippen molar-refractivity contribution in [3.05, 3.63) is 23.8 Å². The van der Waals surface area contributed by atoms with Gasteiger partial charge in [0.05, 0.1) is 7.11 Å². The molecule has 1 aromatic rings. The number of aryl methyl sites for hydroxylation is 1. The normalized spacial score (nSPS) is 10.8. The van der Waals surface area contributed by atoms with E-state index in [0.29, 0.717) is 0 Å².